The van der Waals surface area contributed by atoms with Crippen LogP contribution in [0.1, 0.15) is 25.8 Å². The molecule has 0 aromatic heterocycles. The summed E-state index contributed by atoms with van der Waals surface area (Å²) in [5.41, 5.74) is 6.78. The Hall–Kier alpha value is -1.46. The summed E-state index contributed by atoms with van der Waals surface area (Å²) in [7, 11) is 0. The largest absolute Gasteiger partial charge is 0.493 e. The zero-order valence-corrected chi connectivity index (χ0v) is 13.4. The van der Waals surface area contributed by atoms with Gasteiger partial charge in [-0.25, -0.2) is 4.99 Å². The van der Waals surface area contributed by atoms with Gasteiger partial charge in [-0.15, -0.1) is 0 Å². The normalized spacial score (nSPS) is 11.5. The molecule has 0 spiro atoms. The molecular formula is C15H24ClN3O2. The van der Waals surface area contributed by atoms with Crippen molar-refractivity contribution in [3.63, 3.8) is 0 Å². The zero-order chi connectivity index (χ0) is 15.5. The van der Waals surface area contributed by atoms with Gasteiger partial charge in [0, 0.05) is 30.3 Å². The van der Waals surface area contributed by atoms with Gasteiger partial charge in [-0.3, -0.25) is 0 Å². The number of benzene rings is 1. The van der Waals surface area contributed by atoms with Crippen LogP contribution < -0.4 is 15.8 Å². The minimum atomic E-state index is 0.420. The molecule has 0 saturated carbocycles. The number of aliphatic imine (C=N–C) groups is 1. The molecule has 3 N–H and O–H groups in total. The van der Waals surface area contributed by atoms with E-state index in [9.17, 15) is 0 Å². The van der Waals surface area contributed by atoms with E-state index in [1.54, 1.807) is 6.07 Å². The van der Waals surface area contributed by atoms with Gasteiger partial charge in [0.15, 0.2) is 5.96 Å². The predicted molar refractivity (Wildman–Crippen MR) is 87.1 cm³/mol. The van der Waals surface area contributed by atoms with Crippen molar-refractivity contribution in [1.82, 2.24) is 5.32 Å². The summed E-state index contributed by atoms with van der Waals surface area (Å²) in [5.74, 6) is 1.17. The summed E-state index contributed by atoms with van der Waals surface area (Å²) in [4.78, 5) is 4.30. The third kappa shape index (κ3) is 7.20. The summed E-state index contributed by atoms with van der Waals surface area (Å²) in [5, 5.41) is 3.70. The van der Waals surface area contributed by atoms with Crippen LogP contribution in [0.25, 0.3) is 0 Å². The molecule has 0 aliphatic heterocycles. The molecule has 6 heteroatoms. The van der Waals surface area contributed by atoms with E-state index in [4.69, 9.17) is 26.8 Å². The van der Waals surface area contributed by atoms with Crippen molar-refractivity contribution < 1.29 is 9.47 Å². The first-order valence-corrected chi connectivity index (χ1v) is 7.57. The fourth-order valence-electron chi connectivity index (χ4n) is 1.71. The first kappa shape index (κ1) is 17.6. The molecule has 21 heavy (non-hydrogen) atoms. The molecule has 0 unspecified atom stereocenters. The maximum atomic E-state index is 5.96. The molecule has 5 nitrogen and oxygen atoms in total. The highest BCUT2D eigenvalue weighted by molar-refractivity contribution is 6.30. The molecule has 0 aliphatic rings. The van der Waals surface area contributed by atoms with Crippen molar-refractivity contribution in [1.29, 1.82) is 0 Å². The maximum Gasteiger partial charge on any atom is 0.188 e. The molecule has 1 aromatic rings. The van der Waals surface area contributed by atoms with E-state index in [-0.39, 0.29) is 0 Å². The molecule has 0 heterocycles. The summed E-state index contributed by atoms with van der Waals surface area (Å²) in [6, 6.07) is 5.52. The Morgan fingerprint density at radius 2 is 2.14 bits per heavy atom. The quantitative estimate of drug-likeness (QED) is 0.418. The monoisotopic (exact) mass is 313 g/mol. The Labute approximate surface area is 131 Å². The van der Waals surface area contributed by atoms with Crippen molar-refractivity contribution in [3.8, 4) is 5.75 Å². The van der Waals surface area contributed by atoms with E-state index < -0.39 is 0 Å². The van der Waals surface area contributed by atoms with Crippen molar-refractivity contribution in [2.45, 2.75) is 26.8 Å². The van der Waals surface area contributed by atoms with E-state index in [2.05, 4.69) is 10.3 Å². The smallest absolute Gasteiger partial charge is 0.188 e. The first-order valence-electron chi connectivity index (χ1n) is 7.20. The Morgan fingerprint density at radius 3 is 2.86 bits per heavy atom. The molecule has 0 radical (unpaired) electrons. The van der Waals surface area contributed by atoms with Crippen LogP contribution in [-0.4, -0.2) is 32.3 Å². The zero-order valence-electron chi connectivity index (χ0n) is 12.7. The summed E-state index contributed by atoms with van der Waals surface area (Å²) < 4.78 is 10.8. The van der Waals surface area contributed by atoms with Crippen molar-refractivity contribution >= 4 is 17.6 Å². The lowest BCUT2D eigenvalue weighted by molar-refractivity contribution is 0.145. The molecule has 118 valence electrons. The average molecular weight is 314 g/mol. The lowest BCUT2D eigenvalue weighted by atomic mass is 10.2. The second-order valence-corrected chi connectivity index (χ2v) is 4.80. The molecule has 0 amide bonds. The molecule has 0 bridgehead atoms. The molecule has 1 aromatic carbocycles. The van der Waals surface area contributed by atoms with E-state index in [0.29, 0.717) is 24.1 Å². The van der Waals surface area contributed by atoms with Crippen molar-refractivity contribution in [2.24, 2.45) is 10.7 Å². The number of rotatable bonds is 9. The van der Waals surface area contributed by atoms with Crippen LogP contribution in [0.5, 0.6) is 5.75 Å². The fourth-order valence-corrected chi connectivity index (χ4v) is 1.87. The average Bonchev–Trinajstić information content (AvgIpc) is 2.46. The summed E-state index contributed by atoms with van der Waals surface area (Å²) >= 11 is 5.96. The number of hydrogen-bond acceptors (Lipinski definition) is 3. The minimum Gasteiger partial charge on any atom is -0.493 e. The van der Waals surface area contributed by atoms with Crippen LogP contribution in [0.15, 0.2) is 23.2 Å². The number of hydrogen-bond donors (Lipinski definition) is 2. The number of halogens is 1. The SMILES string of the molecule is CCOCCCNC(N)=NCc1ccc(Cl)cc1OCC. The number of ether oxygens (including phenoxy) is 2. The molecular weight excluding hydrogens is 290 g/mol. The summed E-state index contributed by atoms with van der Waals surface area (Å²) in [6.07, 6.45) is 0.898. The van der Waals surface area contributed by atoms with Crippen LogP contribution in [0.2, 0.25) is 5.02 Å². The van der Waals surface area contributed by atoms with Gasteiger partial charge in [-0.05, 0) is 32.4 Å². The van der Waals surface area contributed by atoms with Crippen LogP contribution in [0, 0.1) is 0 Å². The molecule has 1 rings (SSSR count). The number of nitrogens with one attached hydrogen (secondary N) is 1. The predicted octanol–water partition coefficient (Wildman–Crippen LogP) is 2.57. The van der Waals surface area contributed by atoms with Crippen molar-refractivity contribution in [2.75, 3.05) is 26.4 Å². The highest BCUT2D eigenvalue weighted by Crippen LogP contribution is 2.24. The van der Waals surface area contributed by atoms with Gasteiger partial charge in [0.05, 0.1) is 13.2 Å². The van der Waals surface area contributed by atoms with Gasteiger partial charge in [0.25, 0.3) is 0 Å². The van der Waals surface area contributed by atoms with E-state index in [1.165, 1.54) is 0 Å². The molecule has 0 atom stereocenters. The standard InChI is InChI=1S/C15H24ClN3O2/c1-3-20-9-5-8-18-15(17)19-11-12-6-7-13(16)10-14(12)21-4-2/h6-7,10H,3-5,8-9,11H2,1-2H3,(H3,17,18,19). The highest BCUT2D eigenvalue weighted by atomic mass is 35.5. The second kappa shape index (κ2) is 10.3. The first-order chi connectivity index (χ1) is 10.2. The lowest BCUT2D eigenvalue weighted by Gasteiger charge is -2.10. The fraction of sp³-hybridized carbons (Fsp3) is 0.533. The third-order valence-electron chi connectivity index (χ3n) is 2.72. The second-order valence-electron chi connectivity index (χ2n) is 4.36. The van der Waals surface area contributed by atoms with Gasteiger partial charge in [-0.1, -0.05) is 17.7 Å². The van der Waals surface area contributed by atoms with Gasteiger partial charge < -0.3 is 20.5 Å². The number of nitrogens with two attached hydrogens (primary N) is 1. The number of nitrogens with zero attached hydrogens (tertiary/aromatic N) is 1. The Morgan fingerprint density at radius 1 is 1.33 bits per heavy atom. The maximum absolute atomic E-state index is 5.96. The van der Waals surface area contributed by atoms with Gasteiger partial charge >= 0.3 is 0 Å². The Bertz CT molecular complexity index is 453. The molecule has 0 aliphatic carbocycles. The van der Waals surface area contributed by atoms with E-state index in [1.807, 2.05) is 26.0 Å². The Balaban J connectivity index is 2.47. The van der Waals surface area contributed by atoms with Crippen LogP contribution >= 0.6 is 11.6 Å². The van der Waals surface area contributed by atoms with Crippen LogP contribution in [0.4, 0.5) is 0 Å². The van der Waals surface area contributed by atoms with Gasteiger partial charge in [-0.2, -0.15) is 0 Å². The van der Waals surface area contributed by atoms with E-state index >= 15 is 0 Å². The third-order valence-corrected chi connectivity index (χ3v) is 2.96. The highest BCUT2D eigenvalue weighted by Gasteiger charge is 2.04. The molecule has 0 saturated heterocycles. The molecule has 0 fully saturated rings. The van der Waals surface area contributed by atoms with Gasteiger partial charge in [0.2, 0.25) is 0 Å². The topological polar surface area (TPSA) is 68.9 Å². The Kier molecular flexibility index (Phi) is 8.62. The van der Waals surface area contributed by atoms with Gasteiger partial charge in [0.1, 0.15) is 5.75 Å². The van der Waals surface area contributed by atoms with Crippen LogP contribution in [0.3, 0.4) is 0 Å². The lowest BCUT2D eigenvalue weighted by Crippen LogP contribution is -2.32. The number of guanidine groups is 1. The van der Waals surface area contributed by atoms with E-state index in [0.717, 1.165) is 37.5 Å². The van der Waals surface area contributed by atoms with Crippen LogP contribution in [-0.2, 0) is 11.3 Å². The minimum absolute atomic E-state index is 0.420. The summed E-state index contributed by atoms with van der Waals surface area (Å²) in [6.45, 7) is 7.16. The van der Waals surface area contributed by atoms with Crippen molar-refractivity contribution in [3.05, 3.63) is 28.8 Å².